The number of thiophene rings is 1. The fourth-order valence-electron chi connectivity index (χ4n) is 3.66. The number of aliphatic imine (C=N–C) groups is 1. The van der Waals surface area contributed by atoms with Crippen LogP contribution >= 0.6 is 35.3 Å². The molecule has 0 bridgehead atoms. The van der Waals surface area contributed by atoms with Crippen molar-refractivity contribution in [3.8, 4) is 0 Å². The Morgan fingerprint density at radius 2 is 1.67 bits per heavy atom. The van der Waals surface area contributed by atoms with E-state index in [1.807, 2.05) is 18.4 Å². The first-order valence-electron chi connectivity index (χ1n) is 10.8. The number of nitrogens with one attached hydrogen (secondary N) is 2. The molecule has 1 fully saturated rings. The van der Waals surface area contributed by atoms with Crippen LogP contribution in [0.2, 0.25) is 0 Å². The van der Waals surface area contributed by atoms with Gasteiger partial charge in [-0.1, -0.05) is 36.4 Å². The normalized spacial score (nSPS) is 15.6. The maximum Gasteiger partial charge on any atom is 0.190 e. The van der Waals surface area contributed by atoms with Crippen molar-refractivity contribution in [1.29, 1.82) is 0 Å². The maximum atomic E-state index is 4.32. The summed E-state index contributed by atoms with van der Waals surface area (Å²) in [4.78, 5) is 10.9. The number of hydrogen-bond donors (Lipinski definition) is 2. The van der Waals surface area contributed by atoms with Gasteiger partial charge in [-0.3, -0.25) is 9.89 Å². The molecule has 5 nitrogen and oxygen atoms in total. The van der Waals surface area contributed by atoms with Crippen LogP contribution in [0.5, 0.6) is 0 Å². The lowest BCUT2D eigenvalue weighted by Crippen LogP contribution is -2.46. The predicted octanol–water partition coefficient (Wildman–Crippen LogP) is 3.67. The minimum atomic E-state index is 0. The quantitative estimate of drug-likeness (QED) is 0.209. The van der Waals surface area contributed by atoms with E-state index in [9.17, 15) is 0 Å². The van der Waals surface area contributed by atoms with E-state index in [1.165, 1.54) is 56.0 Å². The van der Waals surface area contributed by atoms with Gasteiger partial charge in [-0.2, -0.15) is 0 Å². The first-order valence-corrected chi connectivity index (χ1v) is 11.7. The van der Waals surface area contributed by atoms with E-state index < -0.39 is 0 Å². The lowest BCUT2D eigenvalue weighted by Gasteiger charge is -2.34. The highest BCUT2D eigenvalue weighted by atomic mass is 127. The summed E-state index contributed by atoms with van der Waals surface area (Å²) in [5, 5.41) is 8.97. The summed E-state index contributed by atoms with van der Waals surface area (Å²) >= 11 is 1.81. The molecule has 166 valence electrons. The summed E-state index contributed by atoms with van der Waals surface area (Å²) in [6.45, 7) is 8.91. The number of piperazine rings is 1. The first kappa shape index (κ1) is 25.1. The van der Waals surface area contributed by atoms with Gasteiger partial charge in [0.1, 0.15) is 0 Å². The highest BCUT2D eigenvalue weighted by Gasteiger charge is 2.16. The zero-order valence-corrected chi connectivity index (χ0v) is 21.2. The van der Waals surface area contributed by atoms with Gasteiger partial charge in [-0.05, 0) is 42.8 Å². The fraction of sp³-hybridized carbons (Fsp3) is 0.522. The van der Waals surface area contributed by atoms with Gasteiger partial charge in [0.25, 0.3) is 0 Å². The number of unbranched alkanes of at least 4 members (excludes halogenated alkanes) is 1. The van der Waals surface area contributed by atoms with Gasteiger partial charge < -0.3 is 15.5 Å². The Kier molecular flexibility index (Phi) is 12.4. The molecule has 3 rings (SSSR count). The molecular formula is C23H36IN5S. The van der Waals surface area contributed by atoms with Crippen LogP contribution < -0.4 is 10.6 Å². The number of nitrogens with zero attached hydrogens (tertiary/aromatic N) is 3. The molecule has 2 aromatic rings. The van der Waals surface area contributed by atoms with Crippen LogP contribution in [0.4, 0.5) is 0 Å². The van der Waals surface area contributed by atoms with Crippen LogP contribution in [0, 0.1) is 0 Å². The Hall–Kier alpha value is -1.16. The van der Waals surface area contributed by atoms with Gasteiger partial charge >= 0.3 is 0 Å². The number of benzene rings is 1. The SMILES string of the molecule is CN=C(NCCCCN1CCN(Cc2ccccc2)CC1)NCCc1cccs1.I. The predicted molar refractivity (Wildman–Crippen MR) is 140 cm³/mol. The molecule has 0 amide bonds. The second-order valence-corrected chi connectivity index (χ2v) is 8.60. The molecule has 0 spiro atoms. The highest BCUT2D eigenvalue weighted by molar-refractivity contribution is 14.0. The van der Waals surface area contributed by atoms with Gasteiger partial charge in [-0.15, -0.1) is 35.3 Å². The molecular weight excluding hydrogens is 505 g/mol. The first-order chi connectivity index (χ1) is 14.3. The summed E-state index contributed by atoms with van der Waals surface area (Å²) in [7, 11) is 1.84. The monoisotopic (exact) mass is 541 g/mol. The van der Waals surface area contributed by atoms with Crippen LogP contribution in [-0.2, 0) is 13.0 Å². The molecule has 1 aliphatic rings. The molecule has 30 heavy (non-hydrogen) atoms. The molecule has 0 atom stereocenters. The summed E-state index contributed by atoms with van der Waals surface area (Å²) in [6.07, 6.45) is 3.46. The number of rotatable bonds is 10. The average molecular weight is 542 g/mol. The minimum absolute atomic E-state index is 0. The second kappa shape index (κ2) is 14.8. The van der Waals surface area contributed by atoms with Gasteiger partial charge in [0, 0.05) is 57.7 Å². The Balaban J connectivity index is 0.00000320. The largest absolute Gasteiger partial charge is 0.356 e. The average Bonchev–Trinajstić information content (AvgIpc) is 3.28. The minimum Gasteiger partial charge on any atom is -0.356 e. The molecule has 1 aliphatic heterocycles. The molecule has 0 saturated carbocycles. The van der Waals surface area contributed by atoms with Crippen LogP contribution in [0.25, 0.3) is 0 Å². The van der Waals surface area contributed by atoms with Crippen LogP contribution in [0.15, 0.2) is 52.8 Å². The topological polar surface area (TPSA) is 42.9 Å². The van der Waals surface area contributed by atoms with Crippen molar-refractivity contribution in [2.75, 3.05) is 52.9 Å². The smallest absolute Gasteiger partial charge is 0.190 e. The third kappa shape index (κ3) is 9.32. The van der Waals surface area contributed by atoms with Crippen LogP contribution in [0.3, 0.4) is 0 Å². The standard InChI is InChI=1S/C23H35N5S.HI/c1-24-23(26-13-11-22-10-7-19-29-22)25-12-5-6-14-27-15-17-28(18-16-27)20-21-8-3-2-4-9-21;/h2-4,7-10,19H,5-6,11-18,20H2,1H3,(H2,24,25,26);1H. The van der Waals surface area contributed by atoms with Crippen molar-refractivity contribution in [3.05, 3.63) is 58.3 Å². The molecule has 0 unspecified atom stereocenters. The van der Waals surface area contributed by atoms with E-state index in [1.54, 1.807) is 0 Å². The van der Waals surface area contributed by atoms with E-state index in [2.05, 4.69) is 73.3 Å². The Labute approximate surface area is 203 Å². The maximum absolute atomic E-state index is 4.32. The summed E-state index contributed by atoms with van der Waals surface area (Å²) in [6, 6.07) is 15.1. The van der Waals surface area contributed by atoms with E-state index in [0.717, 1.165) is 32.0 Å². The summed E-state index contributed by atoms with van der Waals surface area (Å²) in [5.41, 5.74) is 1.42. The number of halogens is 1. The van der Waals surface area contributed by atoms with Gasteiger partial charge in [0.2, 0.25) is 0 Å². The zero-order chi connectivity index (χ0) is 20.2. The van der Waals surface area contributed by atoms with Crippen molar-refractivity contribution in [3.63, 3.8) is 0 Å². The highest BCUT2D eigenvalue weighted by Crippen LogP contribution is 2.09. The van der Waals surface area contributed by atoms with Crippen molar-refractivity contribution < 1.29 is 0 Å². The Morgan fingerprint density at radius 3 is 2.37 bits per heavy atom. The molecule has 1 aromatic heterocycles. The molecule has 0 radical (unpaired) electrons. The number of guanidine groups is 1. The van der Waals surface area contributed by atoms with Gasteiger partial charge in [0.15, 0.2) is 5.96 Å². The van der Waals surface area contributed by atoms with Crippen molar-refractivity contribution in [2.24, 2.45) is 4.99 Å². The second-order valence-electron chi connectivity index (χ2n) is 7.57. The molecule has 1 aromatic carbocycles. The van der Waals surface area contributed by atoms with E-state index in [-0.39, 0.29) is 24.0 Å². The van der Waals surface area contributed by atoms with E-state index >= 15 is 0 Å². The molecule has 7 heteroatoms. The van der Waals surface area contributed by atoms with Crippen molar-refractivity contribution >= 4 is 41.3 Å². The lowest BCUT2D eigenvalue weighted by atomic mass is 10.2. The van der Waals surface area contributed by atoms with Crippen LogP contribution in [0.1, 0.15) is 23.3 Å². The molecule has 0 aliphatic carbocycles. The Morgan fingerprint density at radius 1 is 0.933 bits per heavy atom. The molecule has 2 heterocycles. The fourth-order valence-corrected chi connectivity index (χ4v) is 4.37. The third-order valence-electron chi connectivity index (χ3n) is 5.38. The van der Waals surface area contributed by atoms with Crippen molar-refractivity contribution in [2.45, 2.75) is 25.8 Å². The lowest BCUT2D eigenvalue weighted by molar-refractivity contribution is 0.126. The van der Waals surface area contributed by atoms with Gasteiger partial charge in [-0.25, -0.2) is 0 Å². The molecule has 1 saturated heterocycles. The summed E-state index contributed by atoms with van der Waals surface area (Å²) in [5.74, 6) is 0.913. The van der Waals surface area contributed by atoms with Crippen LogP contribution in [-0.4, -0.2) is 68.6 Å². The summed E-state index contributed by atoms with van der Waals surface area (Å²) < 4.78 is 0. The Bertz CT molecular complexity index is 700. The van der Waals surface area contributed by atoms with E-state index in [4.69, 9.17) is 0 Å². The van der Waals surface area contributed by atoms with E-state index in [0.29, 0.717) is 0 Å². The zero-order valence-electron chi connectivity index (χ0n) is 18.1. The van der Waals surface area contributed by atoms with Gasteiger partial charge in [0.05, 0.1) is 0 Å². The number of hydrogen-bond acceptors (Lipinski definition) is 4. The third-order valence-corrected chi connectivity index (χ3v) is 6.31. The van der Waals surface area contributed by atoms with Crippen molar-refractivity contribution in [1.82, 2.24) is 20.4 Å². The molecule has 2 N–H and O–H groups in total.